The van der Waals surface area contributed by atoms with Gasteiger partial charge in [0.25, 0.3) is 5.91 Å². The first-order valence-electron chi connectivity index (χ1n) is 9.71. The zero-order valence-electron chi connectivity index (χ0n) is 16.0. The van der Waals surface area contributed by atoms with Crippen molar-refractivity contribution in [2.24, 2.45) is 17.6 Å². The van der Waals surface area contributed by atoms with Gasteiger partial charge in [0, 0.05) is 19.1 Å². The fourth-order valence-electron chi connectivity index (χ4n) is 4.30. The third kappa shape index (κ3) is 3.96. The Hall–Kier alpha value is -2.24. The molecule has 3 unspecified atom stereocenters. The number of nitrogens with two attached hydrogens (primary N) is 1. The van der Waals surface area contributed by atoms with E-state index < -0.39 is 0 Å². The van der Waals surface area contributed by atoms with E-state index in [2.05, 4.69) is 0 Å². The second-order valence-corrected chi connectivity index (χ2v) is 7.35. The Morgan fingerprint density at radius 3 is 2.43 bits per heavy atom. The van der Waals surface area contributed by atoms with Crippen LogP contribution in [0.15, 0.2) is 48.5 Å². The fourth-order valence-corrected chi connectivity index (χ4v) is 4.30. The first-order chi connectivity index (χ1) is 13.2. The minimum absolute atomic E-state index is 0. The van der Waals surface area contributed by atoms with E-state index in [1.165, 1.54) is 0 Å². The van der Waals surface area contributed by atoms with Crippen molar-refractivity contribution in [2.75, 3.05) is 19.7 Å². The predicted molar refractivity (Wildman–Crippen MR) is 111 cm³/mol. The van der Waals surface area contributed by atoms with Gasteiger partial charge in [-0.05, 0) is 55.9 Å². The standard InChI is InChI=1S/C22H26N2O3.ClH/c1-2-26-20-9-5-6-10-21(20)27-19-8-4-3-7-16(19)22(25)24-13-15-11-12-18(23)17(15)14-24;/h3-10,15,17-18H,2,11-14,23H2,1H3;1H. The summed E-state index contributed by atoms with van der Waals surface area (Å²) in [6.45, 7) is 4.02. The number of carbonyl (C=O) groups excluding carboxylic acids is 1. The number of hydrogen-bond acceptors (Lipinski definition) is 4. The molecule has 1 aliphatic carbocycles. The maximum Gasteiger partial charge on any atom is 0.257 e. The van der Waals surface area contributed by atoms with Crippen molar-refractivity contribution in [1.82, 2.24) is 4.90 Å². The fraction of sp³-hybridized carbons (Fsp3) is 0.409. The summed E-state index contributed by atoms with van der Waals surface area (Å²) < 4.78 is 11.7. The molecule has 0 aromatic heterocycles. The van der Waals surface area contributed by atoms with Crippen LogP contribution in [0.1, 0.15) is 30.1 Å². The number of para-hydroxylation sites is 3. The molecule has 28 heavy (non-hydrogen) atoms. The molecule has 2 aromatic rings. The Bertz CT molecular complexity index is 829. The van der Waals surface area contributed by atoms with E-state index in [1.807, 2.05) is 60.4 Å². The van der Waals surface area contributed by atoms with Gasteiger partial charge in [0.1, 0.15) is 5.75 Å². The zero-order valence-corrected chi connectivity index (χ0v) is 16.9. The van der Waals surface area contributed by atoms with E-state index in [0.717, 1.165) is 25.9 Å². The number of amides is 1. The molecular weight excluding hydrogens is 376 g/mol. The van der Waals surface area contributed by atoms with Gasteiger partial charge in [-0.2, -0.15) is 0 Å². The normalized spacial score (nSPS) is 23.1. The summed E-state index contributed by atoms with van der Waals surface area (Å²) in [5, 5.41) is 0. The van der Waals surface area contributed by atoms with Gasteiger partial charge in [-0.1, -0.05) is 24.3 Å². The second-order valence-electron chi connectivity index (χ2n) is 7.35. The monoisotopic (exact) mass is 402 g/mol. The van der Waals surface area contributed by atoms with Crippen LogP contribution in [0.4, 0.5) is 0 Å². The molecule has 2 aromatic carbocycles. The highest BCUT2D eigenvalue weighted by molar-refractivity contribution is 5.97. The van der Waals surface area contributed by atoms with Gasteiger partial charge in [-0.15, -0.1) is 12.4 Å². The third-order valence-corrected chi connectivity index (χ3v) is 5.69. The van der Waals surface area contributed by atoms with E-state index in [-0.39, 0.29) is 24.4 Å². The molecule has 150 valence electrons. The van der Waals surface area contributed by atoms with E-state index in [4.69, 9.17) is 15.2 Å². The summed E-state index contributed by atoms with van der Waals surface area (Å²) in [5.41, 5.74) is 6.80. The Kier molecular flexibility index (Phi) is 6.47. The minimum atomic E-state index is 0. The van der Waals surface area contributed by atoms with Crippen molar-refractivity contribution in [1.29, 1.82) is 0 Å². The molecule has 2 N–H and O–H groups in total. The van der Waals surface area contributed by atoms with E-state index in [1.54, 1.807) is 0 Å². The Labute approximate surface area is 172 Å². The molecule has 1 saturated heterocycles. The van der Waals surface area contributed by atoms with Gasteiger partial charge in [-0.25, -0.2) is 0 Å². The van der Waals surface area contributed by atoms with Crippen LogP contribution in [0, 0.1) is 11.8 Å². The number of halogens is 1. The van der Waals surface area contributed by atoms with E-state index >= 15 is 0 Å². The number of benzene rings is 2. The second kappa shape index (κ2) is 8.84. The van der Waals surface area contributed by atoms with Crippen molar-refractivity contribution in [3.63, 3.8) is 0 Å². The summed E-state index contributed by atoms with van der Waals surface area (Å²) in [5.74, 6) is 2.82. The van der Waals surface area contributed by atoms with Crippen LogP contribution in [0.5, 0.6) is 17.2 Å². The van der Waals surface area contributed by atoms with Gasteiger partial charge in [0.15, 0.2) is 11.5 Å². The van der Waals surface area contributed by atoms with Gasteiger partial charge < -0.3 is 20.1 Å². The molecule has 0 bridgehead atoms. The molecule has 1 aliphatic heterocycles. The molecule has 2 fully saturated rings. The van der Waals surface area contributed by atoms with Crippen LogP contribution < -0.4 is 15.2 Å². The van der Waals surface area contributed by atoms with Crippen molar-refractivity contribution in [3.05, 3.63) is 54.1 Å². The molecule has 0 spiro atoms. The lowest BCUT2D eigenvalue weighted by atomic mass is 9.98. The lowest BCUT2D eigenvalue weighted by Crippen LogP contribution is -2.33. The van der Waals surface area contributed by atoms with Crippen LogP contribution in [0.25, 0.3) is 0 Å². The van der Waals surface area contributed by atoms with Crippen LogP contribution in [-0.4, -0.2) is 36.5 Å². The number of hydrogen-bond donors (Lipinski definition) is 1. The predicted octanol–water partition coefficient (Wildman–Crippen LogP) is 4.11. The quantitative estimate of drug-likeness (QED) is 0.817. The molecule has 1 amide bonds. The SMILES string of the molecule is CCOc1ccccc1Oc1ccccc1C(=O)N1CC2CCC(N)C2C1.Cl. The number of nitrogens with zero attached hydrogens (tertiary/aromatic N) is 1. The summed E-state index contributed by atoms with van der Waals surface area (Å²) in [6, 6.07) is 15.1. The topological polar surface area (TPSA) is 64.8 Å². The summed E-state index contributed by atoms with van der Waals surface area (Å²) in [6.07, 6.45) is 2.20. The van der Waals surface area contributed by atoms with Crippen molar-refractivity contribution >= 4 is 18.3 Å². The van der Waals surface area contributed by atoms with Gasteiger partial charge in [0.2, 0.25) is 0 Å². The highest BCUT2D eigenvalue weighted by Crippen LogP contribution is 2.39. The molecule has 3 atom stereocenters. The van der Waals surface area contributed by atoms with Crippen molar-refractivity contribution in [2.45, 2.75) is 25.8 Å². The van der Waals surface area contributed by atoms with Crippen LogP contribution in [-0.2, 0) is 0 Å². The van der Waals surface area contributed by atoms with Crippen LogP contribution >= 0.6 is 12.4 Å². The molecule has 5 nitrogen and oxygen atoms in total. The van der Waals surface area contributed by atoms with Crippen molar-refractivity contribution < 1.29 is 14.3 Å². The number of ether oxygens (including phenoxy) is 2. The molecule has 4 rings (SSSR count). The molecule has 6 heteroatoms. The minimum Gasteiger partial charge on any atom is -0.490 e. The van der Waals surface area contributed by atoms with Gasteiger partial charge >= 0.3 is 0 Å². The van der Waals surface area contributed by atoms with Crippen molar-refractivity contribution in [3.8, 4) is 17.2 Å². The maximum atomic E-state index is 13.2. The largest absolute Gasteiger partial charge is 0.490 e. The summed E-state index contributed by atoms with van der Waals surface area (Å²) in [7, 11) is 0. The molecule has 1 saturated carbocycles. The first kappa shape index (κ1) is 20.5. The number of fused-ring (bicyclic) bond motifs is 1. The number of likely N-dealkylation sites (tertiary alicyclic amines) is 1. The number of rotatable bonds is 5. The Morgan fingerprint density at radius 1 is 1.04 bits per heavy atom. The lowest BCUT2D eigenvalue weighted by molar-refractivity contribution is 0.0777. The average molecular weight is 403 g/mol. The van der Waals surface area contributed by atoms with Crippen LogP contribution in [0.3, 0.4) is 0 Å². The highest BCUT2D eigenvalue weighted by atomic mass is 35.5. The maximum absolute atomic E-state index is 13.2. The first-order valence-corrected chi connectivity index (χ1v) is 9.71. The van der Waals surface area contributed by atoms with Gasteiger partial charge in [0.05, 0.1) is 12.2 Å². The molecule has 0 radical (unpaired) electrons. The summed E-state index contributed by atoms with van der Waals surface area (Å²) in [4.78, 5) is 15.1. The van der Waals surface area contributed by atoms with Crippen LogP contribution in [0.2, 0.25) is 0 Å². The third-order valence-electron chi connectivity index (χ3n) is 5.69. The lowest BCUT2D eigenvalue weighted by Gasteiger charge is -2.20. The summed E-state index contributed by atoms with van der Waals surface area (Å²) >= 11 is 0. The van der Waals surface area contributed by atoms with E-state index in [9.17, 15) is 4.79 Å². The zero-order chi connectivity index (χ0) is 18.8. The highest BCUT2D eigenvalue weighted by Gasteiger charge is 2.42. The van der Waals surface area contributed by atoms with E-state index in [0.29, 0.717) is 41.3 Å². The van der Waals surface area contributed by atoms with Gasteiger partial charge in [-0.3, -0.25) is 4.79 Å². The smallest absolute Gasteiger partial charge is 0.257 e. The molecule has 2 aliphatic rings. The Morgan fingerprint density at radius 2 is 1.71 bits per heavy atom. The number of carbonyl (C=O) groups is 1. The Balaban J connectivity index is 0.00000225. The molecular formula is C22H27ClN2O3. The molecule has 1 heterocycles. The average Bonchev–Trinajstić information content (AvgIpc) is 3.26.